The minimum Gasteiger partial charge on any atom is -0.284 e. The predicted octanol–water partition coefficient (Wildman–Crippen LogP) is 4.12. The number of Topliss-reactive ketones (excluding diaryl/α,β-unsaturated/α-hetero) is 1. The molecule has 0 aliphatic rings. The van der Waals surface area contributed by atoms with Gasteiger partial charge in [0.15, 0.2) is 0 Å². The van der Waals surface area contributed by atoms with E-state index < -0.39 is 12.0 Å². The fourth-order valence-electron chi connectivity index (χ4n) is 1.44. The number of hydrogen-bond donors (Lipinski definition) is 0. The second-order valence-electron chi connectivity index (χ2n) is 4.64. The van der Waals surface area contributed by atoms with Crippen LogP contribution >= 0.6 is 0 Å². The van der Waals surface area contributed by atoms with Crippen molar-refractivity contribution in [3.8, 4) is 0 Å². The Hall–Kier alpha value is -1.32. The maximum atomic E-state index is 12.2. The van der Waals surface area contributed by atoms with Gasteiger partial charge >= 0.3 is 6.18 Å². The van der Waals surface area contributed by atoms with Crippen LogP contribution in [0.15, 0.2) is 24.3 Å². The Kier molecular flexibility index (Phi) is 3.65. The summed E-state index contributed by atoms with van der Waals surface area (Å²) >= 11 is 0. The summed E-state index contributed by atoms with van der Waals surface area (Å²) in [5.74, 6) is -1.79. The summed E-state index contributed by atoms with van der Waals surface area (Å²) in [4.78, 5) is 11.0. The molecule has 0 amide bonds. The maximum absolute atomic E-state index is 12.2. The molecule has 1 nitrogen and oxygen atoms in total. The maximum Gasteiger partial charge on any atom is 0.454 e. The Morgan fingerprint density at radius 3 is 1.94 bits per heavy atom. The van der Waals surface area contributed by atoms with Gasteiger partial charge in [0.25, 0.3) is 5.78 Å². The first-order valence-corrected chi connectivity index (χ1v) is 5.40. The third-order valence-electron chi connectivity index (χ3n) is 3.07. The van der Waals surface area contributed by atoms with Crippen LogP contribution in [0.25, 0.3) is 0 Å². The number of carbonyl (C=O) groups is 1. The SMILES string of the molecule is CCC(C)(C)c1ccc(C(=O)C(F)(F)F)cc1. The summed E-state index contributed by atoms with van der Waals surface area (Å²) in [7, 11) is 0. The molecule has 17 heavy (non-hydrogen) atoms. The average Bonchev–Trinajstić information content (AvgIpc) is 2.27. The zero-order valence-corrected chi connectivity index (χ0v) is 10.1. The van der Waals surface area contributed by atoms with E-state index in [1.165, 1.54) is 12.1 Å². The van der Waals surface area contributed by atoms with Gasteiger partial charge in [-0.2, -0.15) is 13.2 Å². The molecule has 94 valence electrons. The van der Waals surface area contributed by atoms with E-state index in [0.29, 0.717) is 0 Å². The van der Waals surface area contributed by atoms with E-state index >= 15 is 0 Å². The molecule has 0 saturated carbocycles. The fraction of sp³-hybridized carbons (Fsp3) is 0.462. The minimum atomic E-state index is -4.80. The second-order valence-corrected chi connectivity index (χ2v) is 4.64. The number of rotatable bonds is 3. The van der Waals surface area contributed by atoms with Crippen LogP contribution in [0, 0.1) is 0 Å². The lowest BCUT2D eigenvalue weighted by atomic mass is 9.82. The third-order valence-corrected chi connectivity index (χ3v) is 3.07. The Morgan fingerprint density at radius 1 is 1.12 bits per heavy atom. The molecule has 1 aromatic rings. The summed E-state index contributed by atoms with van der Waals surface area (Å²) in [5, 5.41) is 0. The molecule has 0 radical (unpaired) electrons. The number of alkyl halides is 3. The number of carbonyl (C=O) groups excluding carboxylic acids is 1. The molecule has 0 unspecified atom stereocenters. The molecule has 0 saturated heterocycles. The normalized spacial score (nSPS) is 12.6. The van der Waals surface area contributed by atoms with E-state index in [1.54, 1.807) is 12.1 Å². The number of hydrogen-bond acceptors (Lipinski definition) is 1. The highest BCUT2D eigenvalue weighted by molar-refractivity contribution is 6.00. The molecular formula is C13H15F3O. The van der Waals surface area contributed by atoms with Crippen molar-refractivity contribution >= 4 is 5.78 Å². The van der Waals surface area contributed by atoms with Crippen molar-refractivity contribution in [2.75, 3.05) is 0 Å². The van der Waals surface area contributed by atoms with Crippen LogP contribution in [0.2, 0.25) is 0 Å². The summed E-state index contributed by atoms with van der Waals surface area (Å²) in [6.07, 6.45) is -3.93. The van der Waals surface area contributed by atoms with Gasteiger partial charge in [0, 0.05) is 5.56 Å². The van der Waals surface area contributed by atoms with E-state index in [4.69, 9.17) is 0 Å². The first-order chi connectivity index (χ1) is 7.68. The molecule has 0 fully saturated rings. The van der Waals surface area contributed by atoms with Crippen LogP contribution in [0.3, 0.4) is 0 Å². The van der Waals surface area contributed by atoms with Gasteiger partial charge in [-0.1, -0.05) is 45.0 Å². The van der Waals surface area contributed by atoms with Crippen molar-refractivity contribution in [2.45, 2.75) is 38.8 Å². The second kappa shape index (κ2) is 4.51. The number of ketones is 1. The molecule has 0 atom stereocenters. The summed E-state index contributed by atoms with van der Waals surface area (Å²) < 4.78 is 36.6. The van der Waals surface area contributed by atoms with E-state index in [0.717, 1.165) is 12.0 Å². The van der Waals surface area contributed by atoms with E-state index in [-0.39, 0.29) is 11.0 Å². The van der Waals surface area contributed by atoms with Gasteiger partial charge in [-0.3, -0.25) is 4.79 Å². The van der Waals surface area contributed by atoms with Crippen molar-refractivity contribution in [1.82, 2.24) is 0 Å². The van der Waals surface area contributed by atoms with Gasteiger partial charge < -0.3 is 0 Å². The molecule has 4 heteroatoms. The Bertz CT molecular complexity index is 402. The van der Waals surface area contributed by atoms with Crippen LogP contribution in [0.5, 0.6) is 0 Å². The zero-order chi connectivity index (χ0) is 13.3. The molecule has 0 aromatic heterocycles. The smallest absolute Gasteiger partial charge is 0.284 e. The van der Waals surface area contributed by atoms with Crippen LogP contribution < -0.4 is 0 Å². The topological polar surface area (TPSA) is 17.1 Å². The van der Waals surface area contributed by atoms with Crippen molar-refractivity contribution in [2.24, 2.45) is 0 Å². The number of halogens is 3. The molecular weight excluding hydrogens is 229 g/mol. The van der Waals surface area contributed by atoms with Crippen LogP contribution in [0.1, 0.15) is 43.1 Å². The van der Waals surface area contributed by atoms with Crippen molar-refractivity contribution in [3.63, 3.8) is 0 Å². The lowest BCUT2D eigenvalue weighted by Crippen LogP contribution is -2.23. The van der Waals surface area contributed by atoms with Crippen molar-refractivity contribution < 1.29 is 18.0 Å². The van der Waals surface area contributed by atoms with Gasteiger partial charge in [-0.25, -0.2) is 0 Å². The standard InChI is InChI=1S/C13H15F3O/c1-4-12(2,3)10-7-5-9(6-8-10)11(17)13(14,15)16/h5-8H,4H2,1-3H3. The average molecular weight is 244 g/mol. The highest BCUT2D eigenvalue weighted by Gasteiger charge is 2.39. The predicted molar refractivity (Wildman–Crippen MR) is 60.1 cm³/mol. The number of benzene rings is 1. The van der Waals surface area contributed by atoms with Gasteiger partial charge in [0.05, 0.1) is 0 Å². The zero-order valence-electron chi connectivity index (χ0n) is 10.1. The van der Waals surface area contributed by atoms with Gasteiger partial charge in [-0.15, -0.1) is 0 Å². The quantitative estimate of drug-likeness (QED) is 0.731. The molecule has 0 aliphatic carbocycles. The first-order valence-electron chi connectivity index (χ1n) is 5.40. The monoisotopic (exact) mass is 244 g/mol. The van der Waals surface area contributed by atoms with Crippen molar-refractivity contribution in [3.05, 3.63) is 35.4 Å². The minimum absolute atomic E-state index is 0.0974. The van der Waals surface area contributed by atoms with Crippen LogP contribution in [0.4, 0.5) is 13.2 Å². The largest absolute Gasteiger partial charge is 0.454 e. The molecule has 1 aromatic carbocycles. The molecule has 0 N–H and O–H groups in total. The lowest BCUT2D eigenvalue weighted by Gasteiger charge is -2.23. The Balaban J connectivity index is 3.01. The van der Waals surface area contributed by atoms with E-state index in [9.17, 15) is 18.0 Å². The molecule has 1 rings (SSSR count). The summed E-state index contributed by atoms with van der Waals surface area (Å²) in [5.41, 5.74) is 0.520. The molecule has 0 spiro atoms. The fourth-order valence-corrected chi connectivity index (χ4v) is 1.44. The van der Waals surface area contributed by atoms with Crippen molar-refractivity contribution in [1.29, 1.82) is 0 Å². The highest BCUT2D eigenvalue weighted by Crippen LogP contribution is 2.28. The van der Waals surface area contributed by atoms with Gasteiger partial charge in [-0.05, 0) is 17.4 Å². The first kappa shape index (κ1) is 13.7. The molecule has 0 heterocycles. The third kappa shape index (κ3) is 3.08. The van der Waals surface area contributed by atoms with E-state index in [1.807, 2.05) is 20.8 Å². The molecule has 0 bridgehead atoms. The lowest BCUT2D eigenvalue weighted by molar-refractivity contribution is -0.0885. The van der Waals surface area contributed by atoms with E-state index in [2.05, 4.69) is 0 Å². The summed E-state index contributed by atoms with van der Waals surface area (Å²) in [6, 6.07) is 5.65. The van der Waals surface area contributed by atoms with Gasteiger partial charge in [0.1, 0.15) is 0 Å². The Labute approximate surface area is 98.6 Å². The highest BCUT2D eigenvalue weighted by atomic mass is 19.4. The summed E-state index contributed by atoms with van der Waals surface area (Å²) in [6.45, 7) is 6.02. The molecule has 0 aliphatic heterocycles. The van der Waals surface area contributed by atoms with Gasteiger partial charge in [0.2, 0.25) is 0 Å². The van der Waals surface area contributed by atoms with Crippen LogP contribution in [-0.4, -0.2) is 12.0 Å². The van der Waals surface area contributed by atoms with Crippen LogP contribution in [-0.2, 0) is 5.41 Å². The Morgan fingerprint density at radius 2 is 1.59 bits per heavy atom.